The van der Waals surface area contributed by atoms with Crippen molar-refractivity contribution in [2.45, 2.75) is 4.90 Å². The summed E-state index contributed by atoms with van der Waals surface area (Å²) in [5.74, 6) is -0.482. The van der Waals surface area contributed by atoms with E-state index in [9.17, 15) is 13.2 Å². The zero-order valence-corrected chi connectivity index (χ0v) is 14.3. The Morgan fingerprint density at radius 1 is 1.29 bits per heavy atom. The van der Waals surface area contributed by atoms with Crippen LogP contribution in [0.2, 0.25) is 0 Å². The van der Waals surface area contributed by atoms with E-state index in [1.807, 2.05) is 0 Å². The highest BCUT2D eigenvalue weighted by Crippen LogP contribution is 2.20. The molecule has 2 aromatic rings. The van der Waals surface area contributed by atoms with Gasteiger partial charge in [0, 0.05) is 33.3 Å². The summed E-state index contributed by atoms with van der Waals surface area (Å²) in [5, 5.41) is 6.29. The number of hydrogen-bond donors (Lipinski definition) is 1. The topological polar surface area (TPSA) is 115 Å². The maximum atomic E-state index is 12.0. The number of rotatable bonds is 7. The largest absolute Gasteiger partial charge is 0.383 e. The van der Waals surface area contributed by atoms with Crippen LogP contribution in [0.4, 0.5) is 0 Å². The third kappa shape index (κ3) is 3.96. The van der Waals surface area contributed by atoms with Gasteiger partial charge in [-0.25, -0.2) is 12.7 Å². The van der Waals surface area contributed by atoms with Crippen LogP contribution >= 0.6 is 0 Å². The van der Waals surface area contributed by atoms with Crippen LogP contribution in [0.5, 0.6) is 0 Å². The van der Waals surface area contributed by atoms with Gasteiger partial charge in [0.1, 0.15) is 0 Å². The summed E-state index contributed by atoms with van der Waals surface area (Å²) in [5.41, 5.74) is 0.535. The number of carbonyl (C=O) groups is 1. The highest BCUT2D eigenvalue weighted by molar-refractivity contribution is 7.89. The van der Waals surface area contributed by atoms with Gasteiger partial charge in [0.15, 0.2) is 0 Å². The van der Waals surface area contributed by atoms with Crippen LogP contribution in [0.3, 0.4) is 0 Å². The molecule has 0 radical (unpaired) electrons. The molecule has 130 valence electrons. The fourth-order valence-corrected chi connectivity index (χ4v) is 2.66. The van der Waals surface area contributed by atoms with Crippen molar-refractivity contribution in [2.75, 3.05) is 34.4 Å². The molecule has 0 fully saturated rings. The Morgan fingerprint density at radius 3 is 2.54 bits per heavy atom. The first-order valence-electron chi connectivity index (χ1n) is 7.00. The van der Waals surface area contributed by atoms with Gasteiger partial charge >= 0.3 is 11.8 Å². The van der Waals surface area contributed by atoms with Crippen LogP contribution in [-0.2, 0) is 14.8 Å². The fourth-order valence-electron chi connectivity index (χ4n) is 1.76. The predicted molar refractivity (Wildman–Crippen MR) is 84.8 cm³/mol. The zero-order valence-electron chi connectivity index (χ0n) is 13.5. The molecule has 2 rings (SSSR count). The Kier molecular flexibility index (Phi) is 5.65. The first-order valence-corrected chi connectivity index (χ1v) is 8.44. The van der Waals surface area contributed by atoms with Gasteiger partial charge in [-0.1, -0.05) is 5.16 Å². The minimum Gasteiger partial charge on any atom is -0.383 e. The second-order valence-corrected chi connectivity index (χ2v) is 7.14. The molecular formula is C14H18N4O5S. The summed E-state index contributed by atoms with van der Waals surface area (Å²) in [4.78, 5) is 15.9. The molecule has 0 unspecified atom stereocenters. The summed E-state index contributed by atoms with van der Waals surface area (Å²) in [7, 11) is 0.932. The van der Waals surface area contributed by atoms with E-state index in [1.54, 1.807) is 12.1 Å². The third-order valence-corrected chi connectivity index (χ3v) is 4.93. The quantitative estimate of drug-likeness (QED) is 0.714. The van der Waals surface area contributed by atoms with E-state index in [-0.39, 0.29) is 16.6 Å². The van der Waals surface area contributed by atoms with E-state index < -0.39 is 15.9 Å². The predicted octanol–water partition coefficient (Wildman–Crippen LogP) is 0.363. The number of benzene rings is 1. The molecule has 1 amide bonds. The normalized spacial score (nSPS) is 11.7. The minimum absolute atomic E-state index is 0.150. The van der Waals surface area contributed by atoms with Crippen molar-refractivity contribution >= 4 is 15.9 Å². The lowest BCUT2D eigenvalue weighted by Gasteiger charge is -2.11. The lowest BCUT2D eigenvalue weighted by molar-refractivity contribution is 0.0893. The van der Waals surface area contributed by atoms with Crippen LogP contribution in [-0.4, -0.2) is 63.1 Å². The highest BCUT2D eigenvalue weighted by Gasteiger charge is 2.19. The average molecular weight is 354 g/mol. The molecule has 1 heterocycles. The lowest BCUT2D eigenvalue weighted by atomic mass is 10.2. The van der Waals surface area contributed by atoms with E-state index in [4.69, 9.17) is 9.26 Å². The van der Waals surface area contributed by atoms with E-state index in [0.717, 1.165) is 4.31 Å². The molecule has 0 aliphatic heterocycles. The molecule has 0 saturated heterocycles. The number of aromatic nitrogens is 2. The second-order valence-electron chi connectivity index (χ2n) is 4.98. The first-order chi connectivity index (χ1) is 11.4. The number of amides is 1. The molecule has 0 spiro atoms. The monoisotopic (exact) mass is 354 g/mol. The molecule has 24 heavy (non-hydrogen) atoms. The average Bonchev–Trinajstić information content (AvgIpc) is 3.05. The Bertz CT molecular complexity index is 799. The Morgan fingerprint density at radius 2 is 1.96 bits per heavy atom. The van der Waals surface area contributed by atoms with Gasteiger partial charge in [-0.05, 0) is 24.3 Å². The minimum atomic E-state index is -3.50. The molecule has 0 saturated carbocycles. The zero-order chi connectivity index (χ0) is 17.7. The van der Waals surface area contributed by atoms with Crippen molar-refractivity contribution in [3.05, 3.63) is 30.2 Å². The van der Waals surface area contributed by atoms with Crippen molar-refractivity contribution in [1.82, 2.24) is 19.8 Å². The van der Waals surface area contributed by atoms with Crippen LogP contribution < -0.4 is 5.32 Å². The summed E-state index contributed by atoms with van der Waals surface area (Å²) in [6, 6.07) is 5.99. The summed E-state index contributed by atoms with van der Waals surface area (Å²) in [6.07, 6.45) is 0. The van der Waals surface area contributed by atoms with Gasteiger partial charge in [-0.15, -0.1) is 0 Å². The van der Waals surface area contributed by atoms with E-state index in [1.165, 1.54) is 33.3 Å². The van der Waals surface area contributed by atoms with Crippen LogP contribution in [0.1, 0.15) is 10.7 Å². The summed E-state index contributed by atoms with van der Waals surface area (Å²) in [6.45, 7) is 0.693. The molecule has 9 nitrogen and oxygen atoms in total. The number of ether oxygens (including phenoxy) is 1. The number of nitrogens with one attached hydrogen (secondary N) is 1. The van der Waals surface area contributed by atoms with Crippen molar-refractivity contribution < 1.29 is 22.5 Å². The van der Waals surface area contributed by atoms with Crippen LogP contribution in [0, 0.1) is 0 Å². The number of nitrogens with zero attached hydrogens (tertiary/aromatic N) is 3. The van der Waals surface area contributed by atoms with Gasteiger partial charge in [-0.3, -0.25) is 4.79 Å². The first kappa shape index (κ1) is 18.0. The smallest absolute Gasteiger partial charge is 0.316 e. The Labute approximate surface area is 139 Å². The molecule has 1 aromatic carbocycles. The lowest BCUT2D eigenvalue weighted by Crippen LogP contribution is -2.27. The van der Waals surface area contributed by atoms with Gasteiger partial charge in [-0.2, -0.15) is 4.98 Å². The standard InChI is InChI=1S/C14H18N4O5S/c1-18(2)24(20,21)11-6-4-10(5-7-11)12-16-14(23-17-12)13(19)15-8-9-22-3/h4-7H,8-9H2,1-3H3,(H,15,19). The SMILES string of the molecule is COCCNC(=O)c1nc(-c2ccc(S(=O)(=O)N(C)C)cc2)no1. The fraction of sp³-hybridized carbons (Fsp3) is 0.357. The van der Waals surface area contributed by atoms with E-state index in [0.29, 0.717) is 18.7 Å². The number of hydrogen-bond acceptors (Lipinski definition) is 7. The highest BCUT2D eigenvalue weighted by atomic mass is 32.2. The van der Waals surface area contributed by atoms with Gasteiger partial charge in [0.2, 0.25) is 15.8 Å². The number of sulfonamides is 1. The van der Waals surface area contributed by atoms with Crippen molar-refractivity contribution in [3.8, 4) is 11.4 Å². The summed E-state index contributed by atoms with van der Waals surface area (Å²) >= 11 is 0. The maximum Gasteiger partial charge on any atom is 0.316 e. The Balaban J connectivity index is 2.15. The molecular weight excluding hydrogens is 336 g/mol. The number of carbonyl (C=O) groups excluding carboxylic acids is 1. The number of methoxy groups -OCH3 is 1. The van der Waals surface area contributed by atoms with Crippen molar-refractivity contribution in [1.29, 1.82) is 0 Å². The molecule has 1 aromatic heterocycles. The second kappa shape index (κ2) is 7.51. The van der Waals surface area contributed by atoms with E-state index in [2.05, 4.69) is 15.5 Å². The van der Waals surface area contributed by atoms with Gasteiger partial charge in [0.25, 0.3) is 0 Å². The van der Waals surface area contributed by atoms with Gasteiger partial charge in [0.05, 0.1) is 11.5 Å². The van der Waals surface area contributed by atoms with Crippen molar-refractivity contribution in [2.24, 2.45) is 0 Å². The van der Waals surface area contributed by atoms with Crippen LogP contribution in [0.25, 0.3) is 11.4 Å². The molecule has 0 atom stereocenters. The molecule has 1 N–H and O–H groups in total. The molecule has 0 bridgehead atoms. The van der Waals surface area contributed by atoms with Crippen LogP contribution in [0.15, 0.2) is 33.7 Å². The van der Waals surface area contributed by atoms with E-state index >= 15 is 0 Å². The van der Waals surface area contributed by atoms with Crippen molar-refractivity contribution in [3.63, 3.8) is 0 Å². The molecule has 0 aliphatic rings. The third-order valence-electron chi connectivity index (χ3n) is 3.10. The maximum absolute atomic E-state index is 12.0. The van der Waals surface area contributed by atoms with Gasteiger partial charge < -0.3 is 14.6 Å². The summed E-state index contributed by atoms with van der Waals surface area (Å²) < 4.78 is 34.9. The Hall–Kier alpha value is -2.30. The molecule has 10 heteroatoms. The molecule has 0 aliphatic carbocycles.